The summed E-state index contributed by atoms with van der Waals surface area (Å²) >= 11 is 0. The number of carboxylic acid groups (broad SMARTS) is 1. The van der Waals surface area contributed by atoms with Crippen molar-refractivity contribution in [3.8, 4) is 5.75 Å². The molecule has 2 aromatic carbocycles. The second-order valence-electron chi connectivity index (χ2n) is 9.09. The van der Waals surface area contributed by atoms with E-state index >= 15 is 0 Å². The average molecular weight is 581 g/mol. The Kier molecular flexibility index (Phi) is 10.6. The number of aromatic hydroxyl groups is 1. The van der Waals surface area contributed by atoms with Gasteiger partial charge in [0.1, 0.15) is 11.6 Å². The van der Waals surface area contributed by atoms with Crippen LogP contribution < -0.4 is 16.2 Å². The van der Waals surface area contributed by atoms with Crippen LogP contribution in [0.1, 0.15) is 46.3 Å². The largest absolute Gasteiger partial charge is 0.501 e. The fraction of sp³-hybridized carbons (Fsp3) is 0.333. The lowest BCUT2D eigenvalue weighted by molar-refractivity contribution is -0.192. The van der Waals surface area contributed by atoms with Crippen LogP contribution in [0.3, 0.4) is 0 Å². The predicted octanol–water partition coefficient (Wildman–Crippen LogP) is 3.20. The molecule has 0 saturated carbocycles. The molecule has 0 aliphatic carbocycles. The van der Waals surface area contributed by atoms with Gasteiger partial charge < -0.3 is 25.6 Å². The van der Waals surface area contributed by atoms with E-state index in [9.17, 15) is 32.3 Å². The molecule has 10 nitrogen and oxygen atoms in total. The van der Waals surface area contributed by atoms with Crippen LogP contribution in [0.25, 0.3) is 0 Å². The van der Waals surface area contributed by atoms with Gasteiger partial charge in [-0.05, 0) is 42.6 Å². The fourth-order valence-electron chi connectivity index (χ4n) is 3.96. The molecule has 1 saturated heterocycles. The third-order valence-corrected chi connectivity index (χ3v) is 6.12. The number of hydrogen-bond acceptors (Lipinski definition) is 7. The third kappa shape index (κ3) is 8.85. The standard InChI is InChI=1S/C25H27FN4O4.C2HF3O2/c1-30-23(20-13-19(11-12-27-20)34-15-17-5-3-2-4-6-17)29-21(22(31)25(30)33)24(32)28-14-16-7-9-18(26)10-8-16;3-2(4,5)1(6)7/h2-10,19-20,27,31H,11-15H2,1H3,(H,28,32);(H,6,7). The zero-order valence-corrected chi connectivity index (χ0v) is 21.8. The van der Waals surface area contributed by atoms with Crippen LogP contribution in [-0.4, -0.2) is 50.5 Å². The van der Waals surface area contributed by atoms with Gasteiger partial charge in [0.15, 0.2) is 5.69 Å². The summed E-state index contributed by atoms with van der Waals surface area (Å²) in [6, 6.07) is 15.2. The lowest BCUT2D eigenvalue weighted by Crippen LogP contribution is -2.40. The van der Waals surface area contributed by atoms with Gasteiger partial charge in [0.05, 0.1) is 18.8 Å². The quantitative estimate of drug-likeness (QED) is 0.312. The number of nitrogens with zero attached hydrogens (tertiary/aromatic N) is 2. The highest BCUT2D eigenvalue weighted by Crippen LogP contribution is 2.25. The Labute approximate surface area is 231 Å². The number of aromatic nitrogens is 2. The molecule has 1 aliphatic rings. The summed E-state index contributed by atoms with van der Waals surface area (Å²) < 4.78 is 52.2. The van der Waals surface area contributed by atoms with Gasteiger partial charge in [-0.2, -0.15) is 13.2 Å². The summed E-state index contributed by atoms with van der Waals surface area (Å²) in [7, 11) is 1.51. The number of rotatable bonds is 7. The molecule has 1 amide bonds. The molecule has 14 heteroatoms. The second kappa shape index (κ2) is 13.9. The first kappa shape index (κ1) is 31.2. The van der Waals surface area contributed by atoms with Crippen LogP contribution in [0, 0.1) is 5.82 Å². The van der Waals surface area contributed by atoms with Gasteiger partial charge >= 0.3 is 12.1 Å². The Balaban J connectivity index is 0.000000587. The van der Waals surface area contributed by atoms with Crippen LogP contribution in [0.5, 0.6) is 5.75 Å². The van der Waals surface area contributed by atoms with Crippen molar-refractivity contribution in [1.82, 2.24) is 20.2 Å². The minimum atomic E-state index is -5.08. The Hall–Kier alpha value is -4.30. The number of benzene rings is 2. The Morgan fingerprint density at radius 2 is 1.76 bits per heavy atom. The number of carboxylic acids is 1. The van der Waals surface area contributed by atoms with Gasteiger partial charge in [-0.15, -0.1) is 0 Å². The van der Waals surface area contributed by atoms with Crippen molar-refractivity contribution in [3.05, 3.63) is 93.4 Å². The lowest BCUT2D eigenvalue weighted by atomic mass is 10.0. The number of carbonyl (C=O) groups excluding carboxylic acids is 1. The third-order valence-electron chi connectivity index (χ3n) is 6.12. The van der Waals surface area contributed by atoms with E-state index in [0.29, 0.717) is 31.0 Å². The van der Waals surface area contributed by atoms with E-state index in [-0.39, 0.29) is 30.2 Å². The van der Waals surface area contributed by atoms with Gasteiger partial charge in [-0.25, -0.2) is 14.2 Å². The number of amides is 1. The van der Waals surface area contributed by atoms with E-state index in [1.165, 1.54) is 23.7 Å². The highest BCUT2D eigenvalue weighted by atomic mass is 19.4. The number of nitrogens with one attached hydrogen (secondary N) is 2. The Morgan fingerprint density at radius 1 is 1.12 bits per heavy atom. The van der Waals surface area contributed by atoms with E-state index in [1.54, 1.807) is 12.1 Å². The maximum absolute atomic E-state index is 13.1. The molecule has 3 aromatic rings. The molecule has 2 heterocycles. The highest BCUT2D eigenvalue weighted by Gasteiger charge is 2.38. The molecule has 4 rings (SSSR count). The van der Waals surface area contributed by atoms with Gasteiger partial charge in [-0.3, -0.25) is 14.2 Å². The van der Waals surface area contributed by atoms with Crippen molar-refractivity contribution in [1.29, 1.82) is 0 Å². The second-order valence-corrected chi connectivity index (χ2v) is 9.09. The topological polar surface area (TPSA) is 143 Å². The Bertz CT molecular complexity index is 1400. The maximum atomic E-state index is 13.1. The summed E-state index contributed by atoms with van der Waals surface area (Å²) in [6.45, 7) is 1.24. The molecule has 1 aliphatic heterocycles. The molecule has 0 bridgehead atoms. The predicted molar refractivity (Wildman–Crippen MR) is 137 cm³/mol. The average Bonchev–Trinajstić information content (AvgIpc) is 2.95. The zero-order chi connectivity index (χ0) is 30.2. The first-order chi connectivity index (χ1) is 19.4. The summed E-state index contributed by atoms with van der Waals surface area (Å²) in [5.74, 6) is -4.18. The SMILES string of the molecule is Cn1c(C2CC(OCc3ccccc3)CCN2)nc(C(=O)NCc2ccc(F)cc2)c(O)c1=O.O=C(O)C(F)(F)F. The van der Waals surface area contributed by atoms with Crippen molar-refractivity contribution in [3.63, 3.8) is 0 Å². The molecule has 220 valence electrons. The number of carbonyl (C=O) groups is 2. The van der Waals surface area contributed by atoms with Gasteiger partial charge in [0.25, 0.3) is 11.5 Å². The monoisotopic (exact) mass is 580 g/mol. The molecule has 2 atom stereocenters. The molecule has 1 fully saturated rings. The minimum Gasteiger partial charge on any atom is -0.501 e. The molecule has 2 unspecified atom stereocenters. The minimum absolute atomic E-state index is 0.0482. The fourth-order valence-corrected chi connectivity index (χ4v) is 3.96. The molecule has 0 radical (unpaired) electrons. The van der Waals surface area contributed by atoms with Gasteiger partial charge in [-0.1, -0.05) is 42.5 Å². The van der Waals surface area contributed by atoms with Crippen LogP contribution in [-0.2, 0) is 29.7 Å². The number of halogens is 4. The molecule has 41 heavy (non-hydrogen) atoms. The molecular weight excluding hydrogens is 552 g/mol. The summed E-state index contributed by atoms with van der Waals surface area (Å²) in [5, 5.41) is 23.4. The molecule has 0 spiro atoms. The summed E-state index contributed by atoms with van der Waals surface area (Å²) in [6.07, 6.45) is -3.76. The van der Waals surface area contributed by atoms with Crippen molar-refractivity contribution in [2.24, 2.45) is 7.05 Å². The number of piperidine rings is 1. The van der Waals surface area contributed by atoms with Gasteiger partial charge in [0, 0.05) is 13.6 Å². The van der Waals surface area contributed by atoms with E-state index in [4.69, 9.17) is 14.6 Å². The van der Waals surface area contributed by atoms with Crippen molar-refractivity contribution in [2.75, 3.05) is 6.54 Å². The normalized spacial score (nSPS) is 16.8. The van der Waals surface area contributed by atoms with E-state index in [1.807, 2.05) is 30.3 Å². The smallest absolute Gasteiger partial charge is 0.490 e. The van der Waals surface area contributed by atoms with E-state index in [0.717, 1.165) is 12.0 Å². The number of hydrogen-bond donors (Lipinski definition) is 4. The summed E-state index contributed by atoms with van der Waals surface area (Å²) in [5.41, 5.74) is 0.707. The first-order valence-electron chi connectivity index (χ1n) is 12.4. The molecular formula is C27H28F4N4O6. The zero-order valence-electron chi connectivity index (χ0n) is 21.8. The number of ether oxygens (including phenoxy) is 1. The Morgan fingerprint density at radius 3 is 2.37 bits per heavy atom. The van der Waals surface area contributed by atoms with Crippen molar-refractivity contribution < 1.29 is 42.1 Å². The number of alkyl halides is 3. The number of aliphatic carboxylic acids is 1. The van der Waals surface area contributed by atoms with Crippen LogP contribution in [0.15, 0.2) is 59.4 Å². The van der Waals surface area contributed by atoms with E-state index < -0.39 is 29.4 Å². The van der Waals surface area contributed by atoms with Gasteiger partial charge in [0.2, 0.25) is 5.75 Å². The lowest BCUT2D eigenvalue weighted by Gasteiger charge is -2.31. The van der Waals surface area contributed by atoms with Crippen LogP contribution in [0.2, 0.25) is 0 Å². The molecule has 1 aromatic heterocycles. The van der Waals surface area contributed by atoms with Crippen LogP contribution >= 0.6 is 0 Å². The van der Waals surface area contributed by atoms with Crippen molar-refractivity contribution >= 4 is 11.9 Å². The summed E-state index contributed by atoms with van der Waals surface area (Å²) in [4.78, 5) is 38.6. The van der Waals surface area contributed by atoms with E-state index in [2.05, 4.69) is 15.6 Å². The first-order valence-corrected chi connectivity index (χ1v) is 12.4. The maximum Gasteiger partial charge on any atom is 0.490 e. The van der Waals surface area contributed by atoms with Crippen LogP contribution in [0.4, 0.5) is 17.6 Å². The molecule has 4 N–H and O–H groups in total. The van der Waals surface area contributed by atoms with Crippen molar-refractivity contribution in [2.45, 2.75) is 44.3 Å². The highest BCUT2D eigenvalue weighted by molar-refractivity contribution is 5.94.